The highest BCUT2D eigenvalue weighted by Crippen LogP contribution is 2.23. The average Bonchev–Trinajstić information content (AvgIpc) is 2.29. The highest BCUT2D eigenvalue weighted by Gasteiger charge is 2.05. The lowest BCUT2D eigenvalue weighted by molar-refractivity contribution is 0.641. The van der Waals surface area contributed by atoms with Gasteiger partial charge in [0.15, 0.2) is 0 Å². The van der Waals surface area contributed by atoms with Gasteiger partial charge in [-0.2, -0.15) is 0 Å². The maximum Gasteiger partial charge on any atom is -0.0167 e. The first-order chi connectivity index (χ1) is 7.31. The molecule has 0 aliphatic rings. The van der Waals surface area contributed by atoms with Gasteiger partial charge < -0.3 is 0 Å². The number of unbranched alkanes of at least 4 members (excludes halogenated alkanes) is 1. The molecular weight excluding hydrogens is 180 g/mol. The normalized spacial score (nSPS) is 10.9. The summed E-state index contributed by atoms with van der Waals surface area (Å²) in [5.74, 6) is 0.755. The van der Waals surface area contributed by atoms with Crippen LogP contribution in [0.15, 0.2) is 24.3 Å². The molecule has 15 heavy (non-hydrogen) atoms. The lowest BCUT2D eigenvalue weighted by Crippen LogP contribution is -1.95. The van der Waals surface area contributed by atoms with Crippen molar-refractivity contribution in [3.8, 4) is 0 Å². The van der Waals surface area contributed by atoms with Gasteiger partial charge in [0.05, 0.1) is 0 Å². The molecule has 0 saturated carbocycles. The molecule has 0 aromatic heterocycles. The second-order valence-electron chi connectivity index (χ2n) is 4.36. The van der Waals surface area contributed by atoms with Gasteiger partial charge in [-0.3, -0.25) is 0 Å². The molecule has 0 aliphatic carbocycles. The molecule has 1 rings (SSSR count). The Labute approximate surface area is 94.7 Å². The van der Waals surface area contributed by atoms with E-state index in [1.54, 1.807) is 0 Å². The van der Waals surface area contributed by atoms with E-state index in [1.807, 2.05) is 0 Å². The highest BCUT2D eigenvalue weighted by atomic mass is 14.1. The van der Waals surface area contributed by atoms with E-state index in [9.17, 15) is 0 Å². The van der Waals surface area contributed by atoms with Crippen LogP contribution in [0.25, 0.3) is 0 Å². The summed E-state index contributed by atoms with van der Waals surface area (Å²) in [6.07, 6.45) is 6.34. The molecule has 0 fully saturated rings. The van der Waals surface area contributed by atoms with Crippen molar-refractivity contribution >= 4 is 0 Å². The van der Waals surface area contributed by atoms with Crippen LogP contribution in [0.4, 0.5) is 0 Å². The molecule has 1 aromatic carbocycles. The first kappa shape index (κ1) is 12.3. The number of hydrogen-bond donors (Lipinski definition) is 0. The van der Waals surface area contributed by atoms with Crippen LogP contribution in [-0.2, 0) is 6.42 Å². The second kappa shape index (κ2) is 6.66. The highest BCUT2D eigenvalue weighted by molar-refractivity contribution is 5.25. The van der Waals surface area contributed by atoms with E-state index in [1.165, 1.54) is 43.2 Å². The largest absolute Gasteiger partial charge is 0.0654 e. The summed E-state index contributed by atoms with van der Waals surface area (Å²) < 4.78 is 0. The minimum Gasteiger partial charge on any atom is -0.0654 e. The van der Waals surface area contributed by atoms with Gasteiger partial charge in [0.25, 0.3) is 0 Å². The average molecular weight is 204 g/mol. The first-order valence-electron chi connectivity index (χ1n) is 6.40. The zero-order chi connectivity index (χ0) is 11.1. The summed E-state index contributed by atoms with van der Waals surface area (Å²) in [5, 5.41) is 0. The van der Waals surface area contributed by atoms with Crippen LogP contribution in [0.2, 0.25) is 0 Å². The molecule has 0 radical (unpaired) electrons. The third-order valence-electron chi connectivity index (χ3n) is 3.26. The number of aryl methyl sites for hydroxylation is 1. The summed E-state index contributed by atoms with van der Waals surface area (Å²) in [7, 11) is 0. The molecular formula is C15H24. The van der Waals surface area contributed by atoms with Crippen molar-refractivity contribution in [1.82, 2.24) is 0 Å². The number of rotatable bonds is 6. The number of benzene rings is 1. The van der Waals surface area contributed by atoms with Crippen molar-refractivity contribution in [2.75, 3.05) is 0 Å². The summed E-state index contributed by atoms with van der Waals surface area (Å²) in [5.41, 5.74) is 3.01. The molecule has 0 nitrogen and oxygen atoms in total. The van der Waals surface area contributed by atoms with Crippen LogP contribution in [0.1, 0.15) is 63.5 Å². The third-order valence-corrected chi connectivity index (χ3v) is 3.26. The molecule has 0 aliphatic heterocycles. The van der Waals surface area contributed by atoms with Crippen LogP contribution in [0.3, 0.4) is 0 Å². The van der Waals surface area contributed by atoms with Gasteiger partial charge in [-0.15, -0.1) is 0 Å². The third kappa shape index (κ3) is 3.70. The van der Waals surface area contributed by atoms with Gasteiger partial charge in [-0.25, -0.2) is 0 Å². The smallest absolute Gasteiger partial charge is 0.0167 e. The van der Waals surface area contributed by atoms with Crippen LogP contribution < -0.4 is 0 Å². The van der Waals surface area contributed by atoms with Gasteiger partial charge in [0.1, 0.15) is 0 Å². The molecule has 0 amide bonds. The van der Waals surface area contributed by atoms with E-state index in [4.69, 9.17) is 0 Å². The van der Waals surface area contributed by atoms with E-state index >= 15 is 0 Å². The van der Waals surface area contributed by atoms with Gasteiger partial charge in [0.2, 0.25) is 0 Å². The van der Waals surface area contributed by atoms with Crippen molar-refractivity contribution in [3.63, 3.8) is 0 Å². The van der Waals surface area contributed by atoms with Gasteiger partial charge >= 0.3 is 0 Å². The fourth-order valence-electron chi connectivity index (χ4n) is 2.10. The zero-order valence-electron chi connectivity index (χ0n) is 10.4. The Morgan fingerprint density at radius 2 is 1.53 bits per heavy atom. The van der Waals surface area contributed by atoms with Crippen molar-refractivity contribution in [2.24, 2.45) is 0 Å². The Morgan fingerprint density at radius 1 is 0.933 bits per heavy atom. The van der Waals surface area contributed by atoms with Crippen molar-refractivity contribution in [3.05, 3.63) is 35.4 Å². The second-order valence-corrected chi connectivity index (χ2v) is 4.36. The van der Waals surface area contributed by atoms with Gasteiger partial charge in [-0.05, 0) is 42.7 Å². The van der Waals surface area contributed by atoms with E-state index in [-0.39, 0.29) is 0 Å². The summed E-state index contributed by atoms with van der Waals surface area (Å²) >= 11 is 0. The quantitative estimate of drug-likeness (QED) is 0.616. The standard InChI is InChI=1S/C15H24/c1-4-7-8-13-9-11-15(12-10-13)14(5-2)6-3/h9-12,14H,4-8H2,1-3H3. The van der Waals surface area contributed by atoms with Crippen LogP contribution in [0.5, 0.6) is 0 Å². The zero-order valence-corrected chi connectivity index (χ0v) is 10.4. The molecule has 0 unspecified atom stereocenters. The van der Waals surface area contributed by atoms with Crippen molar-refractivity contribution in [1.29, 1.82) is 0 Å². The van der Waals surface area contributed by atoms with Gasteiger partial charge in [0, 0.05) is 0 Å². The number of hydrogen-bond acceptors (Lipinski definition) is 0. The predicted octanol–water partition coefficient (Wildman–Crippen LogP) is 4.93. The first-order valence-corrected chi connectivity index (χ1v) is 6.40. The van der Waals surface area contributed by atoms with E-state index < -0.39 is 0 Å². The van der Waals surface area contributed by atoms with Crippen molar-refractivity contribution in [2.45, 2.75) is 58.8 Å². The maximum absolute atomic E-state index is 2.32. The van der Waals surface area contributed by atoms with Crippen LogP contribution in [-0.4, -0.2) is 0 Å². The Morgan fingerprint density at radius 3 is 2.00 bits per heavy atom. The fraction of sp³-hybridized carbons (Fsp3) is 0.600. The van der Waals surface area contributed by atoms with Crippen molar-refractivity contribution < 1.29 is 0 Å². The Hall–Kier alpha value is -0.780. The fourth-order valence-corrected chi connectivity index (χ4v) is 2.10. The van der Waals surface area contributed by atoms with E-state index in [2.05, 4.69) is 45.0 Å². The van der Waals surface area contributed by atoms with Crippen LogP contribution >= 0.6 is 0 Å². The topological polar surface area (TPSA) is 0 Å². The molecule has 1 aromatic rings. The van der Waals surface area contributed by atoms with Crippen LogP contribution in [0, 0.1) is 0 Å². The van der Waals surface area contributed by atoms with E-state index in [0.717, 1.165) is 5.92 Å². The molecule has 0 atom stereocenters. The molecule has 0 saturated heterocycles. The minimum atomic E-state index is 0.755. The molecule has 0 heteroatoms. The Balaban J connectivity index is 2.62. The lowest BCUT2D eigenvalue weighted by Gasteiger charge is -2.13. The van der Waals surface area contributed by atoms with Gasteiger partial charge in [-0.1, -0.05) is 51.5 Å². The predicted molar refractivity (Wildman–Crippen MR) is 68.4 cm³/mol. The monoisotopic (exact) mass is 204 g/mol. The molecule has 0 bridgehead atoms. The lowest BCUT2D eigenvalue weighted by atomic mass is 9.93. The Bertz CT molecular complexity index is 254. The summed E-state index contributed by atoms with van der Waals surface area (Å²) in [4.78, 5) is 0. The maximum atomic E-state index is 2.32. The SMILES string of the molecule is CCCCc1ccc(C(CC)CC)cc1. The summed E-state index contributed by atoms with van der Waals surface area (Å²) in [6, 6.07) is 9.26. The summed E-state index contributed by atoms with van der Waals surface area (Å²) in [6.45, 7) is 6.80. The van der Waals surface area contributed by atoms with E-state index in [0.29, 0.717) is 0 Å². The molecule has 0 N–H and O–H groups in total. The molecule has 0 heterocycles. The minimum absolute atomic E-state index is 0.755. The Kier molecular flexibility index (Phi) is 5.45. The molecule has 84 valence electrons. The molecule has 0 spiro atoms.